The lowest BCUT2D eigenvalue weighted by atomic mass is 10.1. The number of carbonyl (C=O) groups excluding carboxylic acids is 1. The lowest BCUT2D eigenvalue weighted by Crippen LogP contribution is -2.27. The molecular weight excluding hydrogens is 258 g/mol. The summed E-state index contributed by atoms with van der Waals surface area (Å²) in [5.41, 5.74) is -1.28. The summed E-state index contributed by atoms with van der Waals surface area (Å²) in [5, 5.41) is 23.7. The predicted molar refractivity (Wildman–Crippen MR) is 64.0 cm³/mol. The number of benzene rings is 1. The molecule has 1 N–H and O–H groups in total. The molecule has 0 aromatic heterocycles. The molecule has 0 atom stereocenters. The highest BCUT2D eigenvalue weighted by molar-refractivity contribution is 5.98. The van der Waals surface area contributed by atoms with Crippen molar-refractivity contribution in [2.75, 3.05) is 20.3 Å². The molecule has 9 heteroatoms. The fourth-order valence-corrected chi connectivity index (χ4v) is 1.34. The van der Waals surface area contributed by atoms with Gasteiger partial charge in [-0.3, -0.25) is 25.0 Å². The molecule has 0 bridgehead atoms. The van der Waals surface area contributed by atoms with Gasteiger partial charge in [-0.2, -0.15) is 0 Å². The number of nitro benzene ring substituents is 2. The first kappa shape index (κ1) is 14.5. The summed E-state index contributed by atoms with van der Waals surface area (Å²) in [5.74, 6) is -0.682. The molecule has 1 aromatic rings. The van der Waals surface area contributed by atoms with Gasteiger partial charge in [0.2, 0.25) is 0 Å². The van der Waals surface area contributed by atoms with Crippen molar-refractivity contribution in [3.8, 4) is 0 Å². The van der Waals surface area contributed by atoms with Crippen molar-refractivity contribution in [1.29, 1.82) is 0 Å². The van der Waals surface area contributed by atoms with Gasteiger partial charge in [0.05, 0.1) is 22.5 Å². The van der Waals surface area contributed by atoms with E-state index < -0.39 is 27.1 Å². The number of ether oxygens (including phenoxy) is 1. The van der Waals surface area contributed by atoms with E-state index in [0.29, 0.717) is 0 Å². The summed E-state index contributed by atoms with van der Waals surface area (Å²) >= 11 is 0. The Kier molecular flexibility index (Phi) is 4.89. The van der Waals surface area contributed by atoms with Crippen LogP contribution in [0.3, 0.4) is 0 Å². The second-order valence-electron chi connectivity index (χ2n) is 3.46. The molecule has 1 aromatic carbocycles. The maximum atomic E-state index is 11.7. The Morgan fingerprint density at radius 1 is 1.32 bits per heavy atom. The smallest absolute Gasteiger partial charge is 0.289 e. The molecule has 19 heavy (non-hydrogen) atoms. The summed E-state index contributed by atoms with van der Waals surface area (Å²) in [7, 11) is 1.44. The SMILES string of the molecule is COCCNC(=O)c1ccc([N+](=O)[O-])cc1[N+](=O)[O-]. The van der Waals surface area contributed by atoms with Crippen LogP contribution in [0.2, 0.25) is 0 Å². The molecule has 0 fully saturated rings. The number of rotatable bonds is 6. The Hall–Kier alpha value is -2.55. The second kappa shape index (κ2) is 6.40. The Labute approximate surface area is 107 Å². The van der Waals surface area contributed by atoms with Crippen LogP contribution in [0.15, 0.2) is 18.2 Å². The fourth-order valence-electron chi connectivity index (χ4n) is 1.34. The van der Waals surface area contributed by atoms with Gasteiger partial charge in [0.25, 0.3) is 17.3 Å². The van der Waals surface area contributed by atoms with Gasteiger partial charge in [-0.25, -0.2) is 0 Å². The Morgan fingerprint density at radius 2 is 2.00 bits per heavy atom. The Bertz CT molecular complexity index is 516. The van der Waals surface area contributed by atoms with Gasteiger partial charge in [0, 0.05) is 19.7 Å². The maximum Gasteiger partial charge on any atom is 0.289 e. The normalized spacial score (nSPS) is 9.95. The van der Waals surface area contributed by atoms with Gasteiger partial charge >= 0.3 is 0 Å². The van der Waals surface area contributed by atoms with Crippen molar-refractivity contribution in [1.82, 2.24) is 5.32 Å². The fraction of sp³-hybridized carbons (Fsp3) is 0.300. The first-order chi connectivity index (χ1) is 8.97. The summed E-state index contributed by atoms with van der Waals surface area (Å²) in [6.45, 7) is 0.440. The van der Waals surface area contributed by atoms with Crippen molar-refractivity contribution in [2.45, 2.75) is 0 Å². The van der Waals surface area contributed by atoms with E-state index in [2.05, 4.69) is 5.32 Å². The van der Waals surface area contributed by atoms with Crippen molar-refractivity contribution in [3.05, 3.63) is 44.0 Å². The molecule has 0 unspecified atom stereocenters. The van der Waals surface area contributed by atoms with E-state index in [9.17, 15) is 25.0 Å². The van der Waals surface area contributed by atoms with E-state index >= 15 is 0 Å². The van der Waals surface area contributed by atoms with Crippen molar-refractivity contribution < 1.29 is 19.4 Å². The molecule has 0 saturated carbocycles. The van der Waals surface area contributed by atoms with Crippen molar-refractivity contribution in [2.24, 2.45) is 0 Å². The average Bonchev–Trinajstić information content (AvgIpc) is 2.38. The minimum atomic E-state index is -0.835. The van der Waals surface area contributed by atoms with Crippen LogP contribution in [-0.4, -0.2) is 36.0 Å². The van der Waals surface area contributed by atoms with E-state index in [1.165, 1.54) is 7.11 Å². The zero-order chi connectivity index (χ0) is 14.4. The van der Waals surface area contributed by atoms with Crippen LogP contribution in [0.4, 0.5) is 11.4 Å². The summed E-state index contributed by atoms with van der Waals surface area (Å²) in [6.07, 6.45) is 0. The lowest BCUT2D eigenvalue weighted by Gasteiger charge is -2.05. The number of hydrogen-bond acceptors (Lipinski definition) is 6. The third-order valence-electron chi connectivity index (χ3n) is 2.23. The highest BCUT2D eigenvalue weighted by Crippen LogP contribution is 2.24. The molecule has 0 aliphatic heterocycles. The van der Waals surface area contributed by atoms with Gasteiger partial charge in [0.1, 0.15) is 5.56 Å². The van der Waals surface area contributed by atoms with E-state index in [1.807, 2.05) is 0 Å². The number of methoxy groups -OCH3 is 1. The number of carbonyl (C=O) groups is 1. The monoisotopic (exact) mass is 269 g/mol. The van der Waals surface area contributed by atoms with E-state index in [-0.39, 0.29) is 18.7 Å². The zero-order valence-corrected chi connectivity index (χ0v) is 9.99. The van der Waals surface area contributed by atoms with Gasteiger partial charge in [-0.05, 0) is 6.07 Å². The maximum absolute atomic E-state index is 11.7. The quantitative estimate of drug-likeness (QED) is 0.464. The van der Waals surface area contributed by atoms with Crippen LogP contribution >= 0.6 is 0 Å². The minimum Gasteiger partial charge on any atom is -0.383 e. The van der Waals surface area contributed by atoms with Crippen LogP contribution < -0.4 is 5.32 Å². The van der Waals surface area contributed by atoms with Crippen LogP contribution in [-0.2, 0) is 4.74 Å². The zero-order valence-electron chi connectivity index (χ0n) is 9.99. The molecule has 0 heterocycles. The summed E-state index contributed by atoms with van der Waals surface area (Å²) < 4.78 is 4.72. The molecule has 1 rings (SSSR count). The van der Waals surface area contributed by atoms with Gasteiger partial charge < -0.3 is 10.1 Å². The van der Waals surface area contributed by atoms with Gasteiger partial charge in [-0.1, -0.05) is 0 Å². The largest absolute Gasteiger partial charge is 0.383 e. The number of nitrogens with zero attached hydrogens (tertiary/aromatic N) is 2. The highest BCUT2D eigenvalue weighted by atomic mass is 16.6. The number of nitro groups is 2. The lowest BCUT2D eigenvalue weighted by molar-refractivity contribution is -0.394. The third kappa shape index (κ3) is 3.71. The first-order valence-corrected chi connectivity index (χ1v) is 5.17. The van der Waals surface area contributed by atoms with Crippen LogP contribution in [0, 0.1) is 20.2 Å². The molecule has 0 aliphatic rings. The molecule has 9 nitrogen and oxygen atoms in total. The highest BCUT2D eigenvalue weighted by Gasteiger charge is 2.23. The van der Waals surface area contributed by atoms with Crippen molar-refractivity contribution >= 4 is 17.3 Å². The molecule has 1 amide bonds. The first-order valence-electron chi connectivity index (χ1n) is 5.17. The molecule has 0 aliphatic carbocycles. The van der Waals surface area contributed by atoms with Gasteiger partial charge in [0.15, 0.2) is 0 Å². The number of hydrogen-bond donors (Lipinski definition) is 1. The summed E-state index contributed by atoms with van der Waals surface area (Å²) in [4.78, 5) is 31.4. The van der Waals surface area contributed by atoms with Gasteiger partial charge in [-0.15, -0.1) is 0 Å². The van der Waals surface area contributed by atoms with E-state index in [4.69, 9.17) is 4.74 Å². The Balaban J connectivity index is 3.03. The number of amides is 1. The van der Waals surface area contributed by atoms with Crippen molar-refractivity contribution in [3.63, 3.8) is 0 Å². The molecule has 0 radical (unpaired) electrons. The number of non-ortho nitro benzene ring substituents is 1. The molecular formula is C10H11N3O6. The Morgan fingerprint density at radius 3 is 2.53 bits per heavy atom. The second-order valence-corrected chi connectivity index (χ2v) is 3.46. The third-order valence-corrected chi connectivity index (χ3v) is 2.23. The van der Waals surface area contributed by atoms with E-state index in [1.54, 1.807) is 0 Å². The van der Waals surface area contributed by atoms with Crippen LogP contribution in [0.25, 0.3) is 0 Å². The molecule has 0 spiro atoms. The van der Waals surface area contributed by atoms with E-state index in [0.717, 1.165) is 18.2 Å². The van der Waals surface area contributed by atoms with Crippen LogP contribution in [0.1, 0.15) is 10.4 Å². The number of nitrogens with one attached hydrogen (secondary N) is 1. The predicted octanol–water partition coefficient (Wildman–Crippen LogP) is 0.879. The van der Waals surface area contributed by atoms with Crippen LogP contribution in [0.5, 0.6) is 0 Å². The standard InChI is InChI=1S/C10H11N3O6/c1-19-5-4-11-10(14)8-3-2-7(12(15)16)6-9(8)13(17)18/h2-3,6H,4-5H2,1H3,(H,11,14). The molecule has 0 saturated heterocycles. The summed E-state index contributed by atoms with van der Waals surface area (Å²) in [6, 6.07) is 2.85. The topological polar surface area (TPSA) is 125 Å². The molecule has 102 valence electrons. The average molecular weight is 269 g/mol. The minimum absolute atomic E-state index is 0.184.